The number of carbonyl (C=O) groups is 1. The third-order valence-corrected chi connectivity index (χ3v) is 8.37. The highest BCUT2D eigenvalue weighted by Gasteiger charge is 2.22. The highest BCUT2D eigenvalue weighted by molar-refractivity contribution is 7.99. The van der Waals surface area contributed by atoms with E-state index in [4.69, 9.17) is 14.9 Å². The van der Waals surface area contributed by atoms with E-state index in [0.717, 1.165) is 21.0 Å². The van der Waals surface area contributed by atoms with E-state index in [1.807, 2.05) is 66.9 Å². The second-order valence-corrected chi connectivity index (χ2v) is 12.9. The molecule has 0 aliphatic carbocycles. The number of rotatable bonds is 10. The average Bonchev–Trinajstić information content (AvgIpc) is 3.68. The second-order valence-electron chi connectivity index (χ2n) is 11.8. The van der Waals surface area contributed by atoms with E-state index < -0.39 is 0 Å². The van der Waals surface area contributed by atoms with E-state index >= 15 is 0 Å². The lowest BCUT2D eigenvalue weighted by Gasteiger charge is -2.14. The van der Waals surface area contributed by atoms with Crippen LogP contribution in [0.15, 0.2) is 107 Å². The van der Waals surface area contributed by atoms with Crippen LogP contribution in [0.25, 0.3) is 22.7 Å². The largest absolute Gasteiger partial charge is 0.491 e. The van der Waals surface area contributed by atoms with Gasteiger partial charge in [0, 0.05) is 40.1 Å². The Morgan fingerprint density at radius 3 is 2.60 bits per heavy atom. The molecule has 3 aromatic carbocycles. The van der Waals surface area contributed by atoms with Gasteiger partial charge in [-0.3, -0.25) is 9.72 Å². The van der Waals surface area contributed by atoms with Crippen molar-refractivity contribution in [2.75, 3.05) is 18.5 Å². The third-order valence-electron chi connectivity index (χ3n) is 7.27. The summed E-state index contributed by atoms with van der Waals surface area (Å²) in [6.45, 7) is 6.52. The van der Waals surface area contributed by atoms with E-state index in [0.29, 0.717) is 34.3 Å². The molecule has 0 aliphatic rings. The summed E-state index contributed by atoms with van der Waals surface area (Å²) in [4.78, 5) is 15.1. The number of ether oxygens (including phenoxy) is 1. The number of pyridine rings is 1. The molecule has 0 spiro atoms. The number of aromatic nitrogens is 5. The maximum atomic E-state index is 14.5. The fraction of sp³-hybridized carbons (Fsp3) is 0.200. The Kier molecular flexibility index (Phi) is 9.23. The first-order valence-electron chi connectivity index (χ1n) is 15.0. The highest BCUT2D eigenvalue weighted by atomic mass is 32.2. The van der Waals surface area contributed by atoms with Crippen molar-refractivity contribution in [3.63, 3.8) is 0 Å². The summed E-state index contributed by atoms with van der Waals surface area (Å²) in [5, 5.41) is 28.3. The molecule has 6 aromatic rings. The molecule has 12 heteroatoms. The number of hydrogen-bond donors (Lipinski definition) is 3. The fourth-order valence-corrected chi connectivity index (χ4v) is 5.84. The predicted octanol–water partition coefficient (Wildman–Crippen LogP) is 6.86. The molecule has 47 heavy (non-hydrogen) atoms. The number of amides is 2. The lowest BCUT2D eigenvalue weighted by molar-refractivity contribution is 0.201. The fourth-order valence-electron chi connectivity index (χ4n) is 4.87. The van der Waals surface area contributed by atoms with Gasteiger partial charge in [-0.25, -0.2) is 13.9 Å². The van der Waals surface area contributed by atoms with Crippen molar-refractivity contribution >= 4 is 29.3 Å². The van der Waals surface area contributed by atoms with Crippen molar-refractivity contribution in [2.24, 2.45) is 0 Å². The smallest absolute Gasteiger partial charge is 0.320 e. The lowest BCUT2D eigenvalue weighted by atomic mass is 9.92. The molecule has 3 N–H and O–H groups in total. The Morgan fingerprint density at radius 2 is 1.79 bits per heavy atom. The SMILES string of the molecule is CC(C)(C)c1cc(NC(=O)NCc2ccccc2Sc2ccc3nnc(-c4ccccc4F)n3c2)n(-c2cccc(OCCO)c2)n1. The van der Waals surface area contributed by atoms with Crippen LogP contribution in [0.2, 0.25) is 0 Å². The first kappa shape index (κ1) is 31.8. The van der Waals surface area contributed by atoms with Gasteiger partial charge in [-0.2, -0.15) is 5.10 Å². The van der Waals surface area contributed by atoms with E-state index in [1.165, 1.54) is 17.8 Å². The van der Waals surface area contributed by atoms with Crippen molar-refractivity contribution in [1.29, 1.82) is 0 Å². The molecule has 0 radical (unpaired) electrons. The molecule has 0 atom stereocenters. The minimum atomic E-state index is -0.389. The summed E-state index contributed by atoms with van der Waals surface area (Å²) in [5.41, 5.74) is 3.15. The zero-order valence-corrected chi connectivity index (χ0v) is 27.0. The average molecular weight is 652 g/mol. The standard InChI is InChI=1S/C35H34FN7O3S/c1-35(2,3)30-20-32(43(41-30)24-10-8-11-25(19-24)46-18-17-44)38-34(45)37-21-23-9-4-7-14-29(23)47-26-15-16-31-39-40-33(42(31)22-26)27-12-5-6-13-28(27)36/h4-16,19-20,22,44H,17-18,21H2,1-3H3,(H2,37,38,45). The van der Waals surface area contributed by atoms with Crippen LogP contribution in [0.5, 0.6) is 5.75 Å². The third kappa shape index (κ3) is 7.29. The Labute approximate surface area is 275 Å². The number of aliphatic hydroxyl groups is 1. The van der Waals surface area contributed by atoms with Crippen LogP contribution in [0.1, 0.15) is 32.0 Å². The van der Waals surface area contributed by atoms with Gasteiger partial charge in [-0.1, -0.05) is 68.9 Å². The molecule has 0 fully saturated rings. The van der Waals surface area contributed by atoms with E-state index in [2.05, 4.69) is 41.6 Å². The number of aliphatic hydroxyl groups excluding tert-OH is 1. The van der Waals surface area contributed by atoms with Crippen LogP contribution in [-0.2, 0) is 12.0 Å². The molecule has 0 unspecified atom stereocenters. The van der Waals surface area contributed by atoms with Gasteiger partial charge in [0.05, 0.1) is 23.6 Å². The van der Waals surface area contributed by atoms with Crippen LogP contribution in [-0.4, -0.2) is 48.7 Å². The van der Waals surface area contributed by atoms with Crippen molar-refractivity contribution in [3.05, 3.63) is 114 Å². The molecular weight excluding hydrogens is 617 g/mol. The first-order valence-corrected chi connectivity index (χ1v) is 15.9. The molecule has 0 aliphatic heterocycles. The Hall–Kier alpha value is -5.20. The first-order chi connectivity index (χ1) is 22.7. The molecule has 10 nitrogen and oxygen atoms in total. The quantitative estimate of drug-likeness (QED) is 0.148. The number of halogens is 1. The zero-order valence-electron chi connectivity index (χ0n) is 26.1. The van der Waals surface area contributed by atoms with E-state index in [9.17, 15) is 9.18 Å². The summed E-state index contributed by atoms with van der Waals surface area (Å²) >= 11 is 1.53. The van der Waals surface area contributed by atoms with Crippen molar-refractivity contribution < 1.29 is 19.0 Å². The molecule has 3 heterocycles. The Morgan fingerprint density at radius 1 is 0.979 bits per heavy atom. The van der Waals surface area contributed by atoms with Gasteiger partial charge in [0.25, 0.3) is 0 Å². The minimum absolute atomic E-state index is 0.0947. The number of fused-ring (bicyclic) bond motifs is 1. The van der Waals surface area contributed by atoms with Gasteiger partial charge in [0.15, 0.2) is 11.5 Å². The van der Waals surface area contributed by atoms with Crippen molar-refractivity contribution in [1.82, 2.24) is 29.7 Å². The van der Waals surface area contributed by atoms with E-state index in [1.54, 1.807) is 33.3 Å². The maximum absolute atomic E-state index is 14.5. The van der Waals surface area contributed by atoms with Gasteiger partial charge in [-0.05, 0) is 48.0 Å². The van der Waals surface area contributed by atoms with Crippen molar-refractivity contribution in [3.8, 4) is 22.8 Å². The molecule has 2 amide bonds. The van der Waals surface area contributed by atoms with Crippen molar-refractivity contribution in [2.45, 2.75) is 42.5 Å². The number of anilines is 1. The number of nitrogens with zero attached hydrogens (tertiary/aromatic N) is 5. The zero-order chi connectivity index (χ0) is 33.0. The summed E-state index contributed by atoms with van der Waals surface area (Å²) in [7, 11) is 0. The molecule has 0 saturated heterocycles. The Bertz CT molecular complexity index is 2040. The summed E-state index contributed by atoms with van der Waals surface area (Å²) < 4.78 is 23.6. The number of benzene rings is 3. The topological polar surface area (TPSA) is 119 Å². The summed E-state index contributed by atoms with van der Waals surface area (Å²) in [6, 6.07) is 26.9. The minimum Gasteiger partial charge on any atom is -0.491 e. The number of hydrogen-bond acceptors (Lipinski definition) is 7. The second kappa shape index (κ2) is 13.7. The van der Waals surface area contributed by atoms with Crippen LogP contribution >= 0.6 is 11.8 Å². The van der Waals surface area contributed by atoms with Gasteiger partial charge >= 0.3 is 6.03 Å². The number of urea groups is 1. The highest BCUT2D eigenvalue weighted by Crippen LogP contribution is 2.32. The molecule has 6 rings (SSSR count). The summed E-state index contributed by atoms with van der Waals surface area (Å²) in [5.74, 6) is 1.14. The Balaban J connectivity index is 1.19. The number of nitrogens with one attached hydrogen (secondary N) is 2. The molecule has 240 valence electrons. The molecule has 0 bridgehead atoms. The van der Waals surface area contributed by atoms with Gasteiger partial charge in [0.2, 0.25) is 0 Å². The van der Waals surface area contributed by atoms with Gasteiger partial charge in [0.1, 0.15) is 24.0 Å². The molecular formula is C35H34FN7O3S. The number of carbonyl (C=O) groups excluding carboxylic acids is 1. The van der Waals surface area contributed by atoms with Crippen LogP contribution in [0, 0.1) is 5.82 Å². The molecule has 3 aromatic heterocycles. The molecule has 0 saturated carbocycles. The monoisotopic (exact) mass is 651 g/mol. The normalized spacial score (nSPS) is 11.5. The van der Waals surface area contributed by atoms with Gasteiger partial charge in [-0.15, -0.1) is 10.2 Å². The summed E-state index contributed by atoms with van der Waals surface area (Å²) in [6.07, 6.45) is 1.89. The predicted molar refractivity (Wildman–Crippen MR) is 180 cm³/mol. The van der Waals surface area contributed by atoms with Crippen LogP contribution in [0.4, 0.5) is 15.0 Å². The van der Waals surface area contributed by atoms with Crippen LogP contribution in [0.3, 0.4) is 0 Å². The van der Waals surface area contributed by atoms with Gasteiger partial charge < -0.3 is 15.2 Å². The maximum Gasteiger partial charge on any atom is 0.320 e. The lowest BCUT2D eigenvalue weighted by Crippen LogP contribution is -2.29. The van der Waals surface area contributed by atoms with E-state index in [-0.39, 0.29) is 37.0 Å². The van der Waals surface area contributed by atoms with Crippen LogP contribution < -0.4 is 15.4 Å².